The lowest BCUT2D eigenvalue weighted by atomic mass is 10.2. The largest absolute Gasteiger partial charge is 0.495 e. The number of rotatable bonds is 5. The van der Waals surface area contributed by atoms with E-state index in [-0.39, 0.29) is 11.8 Å². The fraction of sp³-hybridized carbons (Fsp3) is 0.538. The first-order valence-electron chi connectivity index (χ1n) is 6.49. The highest BCUT2D eigenvalue weighted by Crippen LogP contribution is 2.31. The van der Waals surface area contributed by atoms with Crippen molar-refractivity contribution >= 4 is 27.3 Å². The maximum Gasteiger partial charge on any atom is 0.234 e. The van der Waals surface area contributed by atoms with Crippen molar-refractivity contribution in [3.63, 3.8) is 0 Å². The Bertz CT molecular complexity index is 584. The van der Waals surface area contributed by atoms with Crippen molar-refractivity contribution in [3.05, 3.63) is 22.7 Å². The van der Waals surface area contributed by atoms with Gasteiger partial charge in [0.25, 0.3) is 0 Å². The van der Waals surface area contributed by atoms with Gasteiger partial charge in [-0.15, -0.1) is 0 Å². The van der Waals surface area contributed by atoms with Gasteiger partial charge in [0.05, 0.1) is 18.6 Å². The minimum absolute atomic E-state index is 0.0203. The third kappa shape index (κ3) is 3.77. The zero-order valence-corrected chi connectivity index (χ0v) is 13.1. The maximum absolute atomic E-state index is 12.2. The number of methoxy groups -OCH3 is 1. The molecule has 1 unspecified atom stereocenters. The molecule has 1 fully saturated rings. The van der Waals surface area contributed by atoms with Gasteiger partial charge in [-0.25, -0.2) is 8.42 Å². The van der Waals surface area contributed by atoms with E-state index < -0.39 is 10.0 Å². The second-order valence-electron chi connectivity index (χ2n) is 4.98. The van der Waals surface area contributed by atoms with Crippen LogP contribution in [0.2, 0.25) is 5.02 Å². The van der Waals surface area contributed by atoms with Gasteiger partial charge in [-0.05, 0) is 37.9 Å². The second-order valence-corrected chi connectivity index (χ2v) is 7.15. The van der Waals surface area contributed by atoms with Gasteiger partial charge in [-0.1, -0.05) is 11.6 Å². The highest BCUT2D eigenvalue weighted by molar-refractivity contribution is 7.92. The molecule has 0 bridgehead atoms. The van der Waals surface area contributed by atoms with Gasteiger partial charge in [-0.2, -0.15) is 0 Å². The average molecular weight is 319 g/mol. The molecule has 0 radical (unpaired) electrons. The normalized spacial score (nSPS) is 19.1. The van der Waals surface area contributed by atoms with Crippen molar-refractivity contribution < 1.29 is 13.2 Å². The molecular weight excluding hydrogens is 300 g/mol. The van der Waals surface area contributed by atoms with Crippen LogP contribution >= 0.6 is 11.6 Å². The van der Waals surface area contributed by atoms with E-state index in [0.29, 0.717) is 16.5 Å². The van der Waals surface area contributed by atoms with Crippen LogP contribution in [0.15, 0.2) is 12.1 Å². The standard InChI is InChI=1S/C13H19ClN2O3S/c1-9-6-12(13(19-2)7-11(9)14)16-20(17,18)8-10-4-3-5-15-10/h6-7,10,15-16H,3-5,8H2,1-2H3. The lowest BCUT2D eigenvalue weighted by Crippen LogP contribution is -2.32. The Labute approximate surface area is 124 Å². The van der Waals surface area contributed by atoms with Crippen LogP contribution in [0.4, 0.5) is 5.69 Å². The van der Waals surface area contributed by atoms with Gasteiger partial charge in [0.1, 0.15) is 5.75 Å². The van der Waals surface area contributed by atoms with Gasteiger partial charge >= 0.3 is 0 Å². The molecule has 2 N–H and O–H groups in total. The van der Waals surface area contributed by atoms with Gasteiger partial charge in [0.2, 0.25) is 10.0 Å². The van der Waals surface area contributed by atoms with Crippen LogP contribution in [0, 0.1) is 6.92 Å². The molecule has 5 nitrogen and oxygen atoms in total. The van der Waals surface area contributed by atoms with Crippen LogP contribution in [0.25, 0.3) is 0 Å². The number of aryl methyl sites for hydroxylation is 1. The van der Waals surface area contributed by atoms with Crippen LogP contribution in [0.5, 0.6) is 5.75 Å². The first-order valence-corrected chi connectivity index (χ1v) is 8.52. The van der Waals surface area contributed by atoms with E-state index >= 15 is 0 Å². The number of hydrogen-bond acceptors (Lipinski definition) is 4. The summed E-state index contributed by atoms with van der Waals surface area (Å²) in [5, 5.41) is 3.72. The van der Waals surface area contributed by atoms with E-state index in [1.54, 1.807) is 12.1 Å². The molecule has 1 saturated heterocycles. The molecule has 1 heterocycles. The second kappa shape index (κ2) is 6.20. The molecule has 1 aromatic rings. The Morgan fingerprint density at radius 2 is 2.25 bits per heavy atom. The molecule has 2 rings (SSSR count). The summed E-state index contributed by atoms with van der Waals surface area (Å²) in [6.07, 6.45) is 1.90. The van der Waals surface area contributed by atoms with Gasteiger partial charge in [0, 0.05) is 17.1 Å². The molecule has 1 aliphatic heterocycles. The van der Waals surface area contributed by atoms with E-state index in [9.17, 15) is 8.42 Å². The average Bonchev–Trinajstić information content (AvgIpc) is 2.85. The Balaban J connectivity index is 2.17. The summed E-state index contributed by atoms with van der Waals surface area (Å²) >= 11 is 6.01. The Kier molecular flexibility index (Phi) is 4.78. The van der Waals surface area contributed by atoms with E-state index in [2.05, 4.69) is 10.0 Å². The summed E-state index contributed by atoms with van der Waals surface area (Å²) in [4.78, 5) is 0. The molecule has 20 heavy (non-hydrogen) atoms. The number of hydrogen-bond donors (Lipinski definition) is 2. The molecule has 0 saturated carbocycles. The van der Waals surface area contributed by atoms with Crippen LogP contribution in [-0.4, -0.2) is 33.9 Å². The molecule has 0 aliphatic carbocycles. The zero-order valence-electron chi connectivity index (χ0n) is 11.6. The van der Waals surface area contributed by atoms with Crippen molar-refractivity contribution in [2.75, 3.05) is 24.1 Å². The first-order chi connectivity index (χ1) is 9.41. The number of halogens is 1. The number of anilines is 1. The number of nitrogens with one attached hydrogen (secondary N) is 2. The first kappa shape index (κ1) is 15.4. The van der Waals surface area contributed by atoms with Crippen molar-refractivity contribution in [1.29, 1.82) is 0 Å². The monoisotopic (exact) mass is 318 g/mol. The third-order valence-corrected chi connectivity index (χ3v) is 5.11. The van der Waals surface area contributed by atoms with Crippen molar-refractivity contribution in [2.24, 2.45) is 0 Å². The Morgan fingerprint density at radius 3 is 2.85 bits per heavy atom. The molecule has 112 valence electrons. The van der Waals surface area contributed by atoms with Crippen molar-refractivity contribution in [2.45, 2.75) is 25.8 Å². The number of sulfonamides is 1. The van der Waals surface area contributed by atoms with Crippen LogP contribution in [0.1, 0.15) is 18.4 Å². The highest BCUT2D eigenvalue weighted by Gasteiger charge is 2.23. The topological polar surface area (TPSA) is 67.4 Å². The van der Waals surface area contributed by atoms with Gasteiger partial charge < -0.3 is 10.1 Å². The smallest absolute Gasteiger partial charge is 0.234 e. The fourth-order valence-electron chi connectivity index (χ4n) is 2.28. The predicted molar refractivity (Wildman–Crippen MR) is 81.2 cm³/mol. The van der Waals surface area contributed by atoms with E-state index in [1.807, 2.05) is 6.92 Å². The quantitative estimate of drug-likeness (QED) is 0.873. The van der Waals surface area contributed by atoms with E-state index in [1.165, 1.54) is 7.11 Å². The van der Waals surface area contributed by atoms with Crippen molar-refractivity contribution in [1.82, 2.24) is 5.32 Å². The fourth-order valence-corrected chi connectivity index (χ4v) is 3.83. The van der Waals surface area contributed by atoms with Crippen molar-refractivity contribution in [3.8, 4) is 5.75 Å². The van der Waals surface area contributed by atoms with Crippen LogP contribution < -0.4 is 14.8 Å². The minimum Gasteiger partial charge on any atom is -0.495 e. The molecular formula is C13H19ClN2O3S. The predicted octanol–water partition coefficient (Wildman–Crippen LogP) is 2.15. The van der Waals surface area contributed by atoms with Crippen LogP contribution in [0.3, 0.4) is 0 Å². The minimum atomic E-state index is -3.42. The summed E-state index contributed by atoms with van der Waals surface area (Å²) in [5.74, 6) is 0.487. The maximum atomic E-state index is 12.2. The molecule has 0 aromatic heterocycles. The SMILES string of the molecule is COc1cc(Cl)c(C)cc1NS(=O)(=O)CC1CCCN1. The molecule has 1 aliphatic rings. The number of ether oxygens (including phenoxy) is 1. The Hall–Kier alpha value is -0.980. The van der Waals surface area contributed by atoms with E-state index in [4.69, 9.17) is 16.3 Å². The van der Waals surface area contributed by atoms with Crippen LogP contribution in [-0.2, 0) is 10.0 Å². The molecule has 0 spiro atoms. The summed E-state index contributed by atoms with van der Waals surface area (Å²) in [7, 11) is -1.93. The molecule has 0 amide bonds. The number of benzene rings is 1. The summed E-state index contributed by atoms with van der Waals surface area (Å²) in [6, 6.07) is 3.32. The lowest BCUT2D eigenvalue weighted by Gasteiger charge is -2.15. The molecule has 7 heteroatoms. The van der Waals surface area contributed by atoms with Gasteiger partial charge in [-0.3, -0.25) is 4.72 Å². The summed E-state index contributed by atoms with van der Waals surface area (Å²) in [6.45, 7) is 2.70. The Morgan fingerprint density at radius 1 is 1.50 bits per heavy atom. The lowest BCUT2D eigenvalue weighted by molar-refractivity contribution is 0.417. The highest BCUT2D eigenvalue weighted by atomic mass is 35.5. The van der Waals surface area contributed by atoms with E-state index in [0.717, 1.165) is 24.9 Å². The van der Waals surface area contributed by atoms with Gasteiger partial charge in [0.15, 0.2) is 0 Å². The molecule has 1 atom stereocenters. The molecule has 1 aromatic carbocycles. The summed E-state index contributed by atoms with van der Waals surface area (Å²) < 4.78 is 32.1. The third-order valence-electron chi connectivity index (χ3n) is 3.33. The zero-order chi connectivity index (χ0) is 14.8. The summed E-state index contributed by atoms with van der Waals surface area (Å²) in [5.41, 5.74) is 1.22.